The van der Waals surface area contributed by atoms with Gasteiger partial charge in [0.15, 0.2) is 0 Å². The van der Waals surface area contributed by atoms with Crippen LogP contribution in [0.3, 0.4) is 0 Å². The molecule has 1 aliphatic rings. The van der Waals surface area contributed by atoms with E-state index >= 15 is 0 Å². The zero-order valence-corrected chi connectivity index (χ0v) is 9.16. The monoisotopic (exact) mass is 196 g/mol. The van der Waals surface area contributed by atoms with Crippen LogP contribution in [0.2, 0.25) is 0 Å². The molecule has 1 aliphatic carbocycles. The molecule has 14 heavy (non-hydrogen) atoms. The molecule has 1 rings (SSSR count). The van der Waals surface area contributed by atoms with Crippen molar-refractivity contribution in [1.82, 2.24) is 0 Å². The molecule has 0 heterocycles. The molecule has 0 aromatic heterocycles. The fraction of sp³-hybridized carbons (Fsp3) is 0.750. The maximum absolute atomic E-state index is 10.4. The molecule has 0 bridgehead atoms. The number of methoxy groups -OCH3 is 1. The highest BCUT2D eigenvalue weighted by Gasteiger charge is 2.44. The maximum Gasteiger partial charge on any atom is 0.120 e. The van der Waals surface area contributed by atoms with E-state index < -0.39 is 0 Å². The van der Waals surface area contributed by atoms with Gasteiger partial charge in [-0.2, -0.15) is 0 Å². The lowest BCUT2D eigenvalue weighted by Crippen LogP contribution is -2.33. The Balaban J connectivity index is 2.74. The summed E-state index contributed by atoms with van der Waals surface area (Å²) in [6, 6.07) is 0. The highest BCUT2D eigenvalue weighted by atomic mass is 16.5. The van der Waals surface area contributed by atoms with Crippen LogP contribution in [0.5, 0.6) is 0 Å². The first-order valence-corrected chi connectivity index (χ1v) is 5.28. The highest BCUT2D eigenvalue weighted by Crippen LogP contribution is 2.48. The fourth-order valence-electron chi connectivity index (χ4n) is 2.72. The summed E-state index contributed by atoms with van der Waals surface area (Å²) >= 11 is 0. The van der Waals surface area contributed by atoms with Crippen molar-refractivity contribution in [2.24, 2.45) is 11.3 Å². The predicted molar refractivity (Wildman–Crippen MR) is 57.1 cm³/mol. The summed E-state index contributed by atoms with van der Waals surface area (Å²) in [4.78, 5) is 10.4. The van der Waals surface area contributed by atoms with Crippen molar-refractivity contribution < 1.29 is 9.53 Å². The largest absolute Gasteiger partial charge is 0.381 e. The summed E-state index contributed by atoms with van der Waals surface area (Å²) in [6.45, 7) is 6.08. The van der Waals surface area contributed by atoms with Crippen molar-refractivity contribution in [1.29, 1.82) is 0 Å². The smallest absolute Gasteiger partial charge is 0.120 e. The topological polar surface area (TPSA) is 26.3 Å². The van der Waals surface area contributed by atoms with Crippen LogP contribution in [0.1, 0.15) is 32.6 Å². The number of carbonyl (C=O) groups is 1. The van der Waals surface area contributed by atoms with Crippen molar-refractivity contribution in [3.05, 3.63) is 12.7 Å². The van der Waals surface area contributed by atoms with Crippen LogP contribution in [0, 0.1) is 11.3 Å². The minimum Gasteiger partial charge on any atom is -0.381 e. The highest BCUT2D eigenvalue weighted by molar-refractivity contribution is 5.49. The Bertz CT molecular complexity index is 212. The van der Waals surface area contributed by atoms with Gasteiger partial charge in [0.1, 0.15) is 6.29 Å². The van der Waals surface area contributed by atoms with Crippen LogP contribution in [0.4, 0.5) is 0 Å². The Morgan fingerprint density at radius 3 is 2.79 bits per heavy atom. The molecule has 0 radical (unpaired) electrons. The van der Waals surface area contributed by atoms with Gasteiger partial charge >= 0.3 is 0 Å². The molecule has 1 fully saturated rings. The number of rotatable bonds is 5. The zero-order chi connectivity index (χ0) is 10.6. The number of hydrogen-bond donors (Lipinski definition) is 0. The third kappa shape index (κ3) is 1.90. The van der Waals surface area contributed by atoms with Gasteiger partial charge in [-0.1, -0.05) is 13.0 Å². The second-order valence-electron chi connectivity index (χ2n) is 4.36. The number of hydrogen-bond acceptors (Lipinski definition) is 2. The summed E-state index contributed by atoms with van der Waals surface area (Å²) in [6.07, 6.45) is 7.05. The molecule has 0 amide bonds. The first kappa shape index (κ1) is 11.4. The second-order valence-corrected chi connectivity index (χ2v) is 4.36. The van der Waals surface area contributed by atoms with Crippen molar-refractivity contribution in [2.75, 3.05) is 7.11 Å². The summed E-state index contributed by atoms with van der Waals surface area (Å²) in [7, 11) is 1.76. The Morgan fingerprint density at radius 2 is 2.29 bits per heavy atom. The van der Waals surface area contributed by atoms with E-state index in [4.69, 9.17) is 4.74 Å². The molecule has 0 spiro atoms. The van der Waals surface area contributed by atoms with Gasteiger partial charge in [-0.25, -0.2) is 0 Å². The molecule has 0 aromatic carbocycles. The molecule has 0 unspecified atom stereocenters. The van der Waals surface area contributed by atoms with E-state index in [-0.39, 0.29) is 11.5 Å². The van der Waals surface area contributed by atoms with E-state index in [9.17, 15) is 4.79 Å². The molecular formula is C12H20O2. The lowest BCUT2D eigenvalue weighted by atomic mass is 9.75. The van der Waals surface area contributed by atoms with Gasteiger partial charge in [0.25, 0.3) is 0 Å². The van der Waals surface area contributed by atoms with Crippen LogP contribution in [0.15, 0.2) is 12.7 Å². The van der Waals surface area contributed by atoms with Gasteiger partial charge in [-0.15, -0.1) is 6.58 Å². The molecular weight excluding hydrogens is 176 g/mol. The Labute approximate surface area is 86.3 Å². The normalized spacial score (nSPS) is 37.0. The van der Waals surface area contributed by atoms with Crippen LogP contribution < -0.4 is 0 Å². The minimum atomic E-state index is 0.109. The van der Waals surface area contributed by atoms with E-state index in [1.165, 1.54) is 0 Å². The lowest BCUT2D eigenvalue weighted by Gasteiger charge is -2.34. The summed E-state index contributed by atoms with van der Waals surface area (Å²) in [5, 5.41) is 0. The van der Waals surface area contributed by atoms with Gasteiger partial charge in [0, 0.05) is 18.9 Å². The number of carbonyl (C=O) groups excluding carboxylic acids is 1. The van der Waals surface area contributed by atoms with Gasteiger partial charge in [-0.3, -0.25) is 0 Å². The summed E-state index contributed by atoms with van der Waals surface area (Å²) in [5.74, 6) is 0.493. The number of allylic oxidation sites excluding steroid dienone is 1. The molecule has 0 N–H and O–H groups in total. The molecule has 0 aromatic rings. The number of aldehydes is 1. The first-order chi connectivity index (χ1) is 6.69. The third-order valence-corrected chi connectivity index (χ3v) is 3.69. The van der Waals surface area contributed by atoms with Crippen LogP contribution >= 0.6 is 0 Å². The Morgan fingerprint density at radius 1 is 1.57 bits per heavy atom. The second kappa shape index (κ2) is 4.74. The van der Waals surface area contributed by atoms with Crippen LogP contribution in [-0.2, 0) is 9.53 Å². The first-order valence-electron chi connectivity index (χ1n) is 5.28. The summed E-state index contributed by atoms with van der Waals surface area (Å²) in [5.41, 5.74) is 0.109. The van der Waals surface area contributed by atoms with Gasteiger partial charge < -0.3 is 9.53 Å². The Hall–Kier alpha value is -0.630. The van der Waals surface area contributed by atoms with Gasteiger partial charge in [0.2, 0.25) is 0 Å². The van der Waals surface area contributed by atoms with Crippen LogP contribution in [0.25, 0.3) is 0 Å². The minimum absolute atomic E-state index is 0.109. The van der Waals surface area contributed by atoms with Crippen LogP contribution in [-0.4, -0.2) is 19.5 Å². The van der Waals surface area contributed by atoms with Crippen molar-refractivity contribution in [2.45, 2.75) is 38.7 Å². The Kier molecular flexibility index (Phi) is 3.87. The fourth-order valence-corrected chi connectivity index (χ4v) is 2.72. The standard InChI is InChI=1S/C12H20O2/c1-4-10-6-7-11(14-3)12(10,2)8-5-9-13/h4,9-11H,1,5-8H2,2-3H3/t10-,11+,12+/m1/s1. The average molecular weight is 196 g/mol. The van der Waals surface area contributed by atoms with E-state index in [0.717, 1.165) is 25.5 Å². The third-order valence-electron chi connectivity index (χ3n) is 3.69. The van der Waals surface area contributed by atoms with Crippen molar-refractivity contribution >= 4 is 6.29 Å². The van der Waals surface area contributed by atoms with Crippen molar-refractivity contribution in [3.8, 4) is 0 Å². The quantitative estimate of drug-likeness (QED) is 0.499. The molecule has 1 saturated carbocycles. The van der Waals surface area contributed by atoms with E-state index in [2.05, 4.69) is 13.5 Å². The number of ether oxygens (including phenoxy) is 1. The van der Waals surface area contributed by atoms with E-state index in [1.54, 1.807) is 7.11 Å². The van der Waals surface area contributed by atoms with E-state index in [1.807, 2.05) is 6.08 Å². The average Bonchev–Trinajstić information content (AvgIpc) is 2.52. The molecule has 80 valence electrons. The van der Waals surface area contributed by atoms with Crippen molar-refractivity contribution in [3.63, 3.8) is 0 Å². The lowest BCUT2D eigenvalue weighted by molar-refractivity contribution is -0.108. The predicted octanol–water partition coefficient (Wildman–Crippen LogP) is 2.58. The molecule has 2 heteroatoms. The van der Waals surface area contributed by atoms with Gasteiger partial charge in [0.05, 0.1) is 6.10 Å². The van der Waals surface area contributed by atoms with Gasteiger partial charge in [-0.05, 0) is 25.2 Å². The molecule has 0 saturated heterocycles. The SMILES string of the molecule is C=C[C@@H]1CC[C@H](OC)[C@@]1(C)CCC=O. The summed E-state index contributed by atoms with van der Waals surface area (Å²) < 4.78 is 5.49. The van der Waals surface area contributed by atoms with E-state index in [0.29, 0.717) is 12.3 Å². The zero-order valence-electron chi connectivity index (χ0n) is 9.16. The molecule has 2 nitrogen and oxygen atoms in total. The molecule has 0 aliphatic heterocycles. The maximum atomic E-state index is 10.4. The molecule has 3 atom stereocenters.